The van der Waals surface area contributed by atoms with E-state index < -0.39 is 22.7 Å². The summed E-state index contributed by atoms with van der Waals surface area (Å²) in [7, 11) is 0. The van der Waals surface area contributed by atoms with Crippen molar-refractivity contribution in [3.8, 4) is 0 Å². The van der Waals surface area contributed by atoms with E-state index in [2.05, 4.69) is 18.5 Å². The van der Waals surface area contributed by atoms with Crippen molar-refractivity contribution < 1.29 is 18.0 Å². The van der Waals surface area contributed by atoms with Gasteiger partial charge in [0.1, 0.15) is 0 Å². The van der Waals surface area contributed by atoms with Gasteiger partial charge in [0.05, 0.1) is 16.3 Å². The molecule has 0 saturated heterocycles. The van der Waals surface area contributed by atoms with Crippen LogP contribution in [0.15, 0.2) is 54.0 Å². The SMILES string of the molecule is C=C(C)/C=C\C(=C)SCC(=O)Nc1ccc(Cl)c(C(F)(F)F)c1. The first kappa shape index (κ1) is 19.4. The maximum Gasteiger partial charge on any atom is 0.417 e. The van der Waals surface area contributed by atoms with Crippen LogP contribution in [0.5, 0.6) is 0 Å². The van der Waals surface area contributed by atoms with Gasteiger partial charge in [0.2, 0.25) is 5.91 Å². The van der Waals surface area contributed by atoms with Crippen LogP contribution in [0.2, 0.25) is 5.02 Å². The van der Waals surface area contributed by atoms with Gasteiger partial charge < -0.3 is 5.32 Å². The van der Waals surface area contributed by atoms with Crippen molar-refractivity contribution in [2.75, 3.05) is 11.1 Å². The summed E-state index contributed by atoms with van der Waals surface area (Å²) in [5, 5.41) is 1.99. The van der Waals surface area contributed by atoms with Crippen molar-refractivity contribution in [1.82, 2.24) is 0 Å². The highest BCUT2D eigenvalue weighted by molar-refractivity contribution is 8.03. The predicted octanol–water partition coefficient (Wildman–Crippen LogP) is 5.68. The molecule has 1 amide bonds. The molecule has 2 nitrogen and oxygen atoms in total. The monoisotopic (exact) mass is 361 g/mol. The average molecular weight is 362 g/mol. The lowest BCUT2D eigenvalue weighted by Gasteiger charge is -2.11. The largest absolute Gasteiger partial charge is 0.417 e. The molecule has 0 fully saturated rings. The van der Waals surface area contributed by atoms with E-state index in [4.69, 9.17) is 11.6 Å². The molecule has 1 N–H and O–H groups in total. The van der Waals surface area contributed by atoms with Gasteiger partial charge in [-0.15, -0.1) is 11.8 Å². The van der Waals surface area contributed by atoms with Gasteiger partial charge in [-0.3, -0.25) is 4.79 Å². The van der Waals surface area contributed by atoms with Crippen LogP contribution in [0, 0.1) is 0 Å². The third kappa shape index (κ3) is 6.97. The molecule has 0 atom stereocenters. The summed E-state index contributed by atoms with van der Waals surface area (Å²) in [6.07, 6.45) is -1.11. The molecule has 0 bridgehead atoms. The van der Waals surface area contributed by atoms with E-state index in [0.29, 0.717) is 4.91 Å². The molecule has 0 saturated carbocycles. The molecule has 0 radical (unpaired) electrons. The van der Waals surface area contributed by atoms with Crippen molar-refractivity contribution in [1.29, 1.82) is 0 Å². The minimum Gasteiger partial charge on any atom is -0.325 e. The lowest BCUT2D eigenvalue weighted by Crippen LogP contribution is -2.15. The molecular formula is C16H15ClF3NOS. The molecule has 0 aliphatic carbocycles. The van der Waals surface area contributed by atoms with Gasteiger partial charge in [-0.25, -0.2) is 0 Å². The maximum atomic E-state index is 12.7. The Morgan fingerprint density at radius 3 is 2.57 bits per heavy atom. The van der Waals surface area contributed by atoms with Gasteiger partial charge in [0.25, 0.3) is 0 Å². The van der Waals surface area contributed by atoms with Crippen LogP contribution in [-0.2, 0) is 11.0 Å². The molecule has 1 rings (SSSR count). The molecule has 124 valence electrons. The zero-order valence-electron chi connectivity index (χ0n) is 12.3. The molecule has 0 spiro atoms. The number of benzene rings is 1. The number of amides is 1. The van der Waals surface area contributed by atoms with Crippen LogP contribution in [0.1, 0.15) is 12.5 Å². The quantitative estimate of drug-likeness (QED) is 0.661. The molecule has 7 heteroatoms. The van der Waals surface area contributed by atoms with Crippen molar-refractivity contribution in [2.24, 2.45) is 0 Å². The fraction of sp³-hybridized carbons (Fsp3) is 0.188. The second-order valence-electron chi connectivity index (χ2n) is 4.68. The number of anilines is 1. The Morgan fingerprint density at radius 1 is 1.35 bits per heavy atom. The number of alkyl halides is 3. The lowest BCUT2D eigenvalue weighted by molar-refractivity contribution is -0.137. The fourth-order valence-electron chi connectivity index (χ4n) is 1.46. The van der Waals surface area contributed by atoms with Crippen LogP contribution >= 0.6 is 23.4 Å². The van der Waals surface area contributed by atoms with E-state index in [1.807, 2.05) is 6.92 Å². The van der Waals surface area contributed by atoms with Gasteiger partial charge in [-0.05, 0) is 31.2 Å². The Bertz CT molecular complexity index is 653. The molecular weight excluding hydrogens is 347 g/mol. The van der Waals surface area contributed by atoms with Crippen LogP contribution in [-0.4, -0.2) is 11.7 Å². The van der Waals surface area contributed by atoms with E-state index in [0.717, 1.165) is 17.7 Å². The standard InChI is InChI=1S/C16H15ClF3NOS/c1-10(2)4-5-11(3)23-9-15(22)21-12-6-7-14(17)13(8-12)16(18,19)20/h4-8H,1,3,9H2,2H3,(H,21,22)/b5-4-. The molecule has 0 aliphatic rings. The number of thioether (sulfide) groups is 1. The molecule has 1 aromatic rings. The number of allylic oxidation sites excluding steroid dienone is 3. The highest BCUT2D eigenvalue weighted by atomic mass is 35.5. The van der Waals surface area contributed by atoms with Crippen molar-refractivity contribution in [2.45, 2.75) is 13.1 Å². The van der Waals surface area contributed by atoms with E-state index in [1.54, 1.807) is 12.2 Å². The van der Waals surface area contributed by atoms with Gasteiger partial charge >= 0.3 is 6.18 Å². The predicted molar refractivity (Wildman–Crippen MR) is 90.6 cm³/mol. The number of hydrogen-bond donors (Lipinski definition) is 1. The van der Waals surface area contributed by atoms with Crippen molar-refractivity contribution in [3.05, 3.63) is 64.6 Å². The lowest BCUT2D eigenvalue weighted by atomic mass is 10.2. The highest BCUT2D eigenvalue weighted by Gasteiger charge is 2.33. The van der Waals surface area contributed by atoms with Gasteiger partial charge in [0, 0.05) is 10.6 Å². The number of hydrogen-bond acceptors (Lipinski definition) is 2. The van der Waals surface area contributed by atoms with Crippen molar-refractivity contribution in [3.63, 3.8) is 0 Å². The van der Waals surface area contributed by atoms with Crippen LogP contribution in [0.25, 0.3) is 0 Å². The van der Waals surface area contributed by atoms with E-state index in [-0.39, 0.29) is 11.4 Å². The van der Waals surface area contributed by atoms with Crippen molar-refractivity contribution >= 4 is 35.0 Å². The minimum absolute atomic E-state index is 0.0311. The van der Waals surface area contributed by atoms with Crippen LogP contribution in [0.4, 0.5) is 18.9 Å². The number of carbonyl (C=O) groups excluding carboxylic acids is 1. The fourth-order valence-corrected chi connectivity index (χ4v) is 2.24. The molecule has 23 heavy (non-hydrogen) atoms. The zero-order valence-corrected chi connectivity index (χ0v) is 13.9. The molecule has 0 unspecified atom stereocenters. The summed E-state index contributed by atoms with van der Waals surface area (Å²) >= 11 is 6.69. The topological polar surface area (TPSA) is 29.1 Å². The minimum atomic E-state index is -4.58. The summed E-state index contributed by atoms with van der Waals surface area (Å²) in [6, 6.07) is 3.22. The normalized spacial score (nSPS) is 11.5. The molecule has 0 aromatic heterocycles. The summed E-state index contributed by atoms with van der Waals surface area (Å²) in [5.74, 6) is -0.404. The van der Waals surface area contributed by atoms with E-state index in [9.17, 15) is 18.0 Å². The third-order valence-corrected chi connectivity index (χ3v) is 3.74. The van der Waals surface area contributed by atoms with E-state index in [1.165, 1.54) is 17.8 Å². The number of carbonyl (C=O) groups is 1. The van der Waals surface area contributed by atoms with Crippen LogP contribution in [0.3, 0.4) is 0 Å². The summed E-state index contributed by atoms with van der Waals surface area (Å²) in [6.45, 7) is 9.27. The van der Waals surface area contributed by atoms with Gasteiger partial charge in [-0.1, -0.05) is 36.4 Å². The Morgan fingerprint density at radius 2 is 2.00 bits per heavy atom. The first-order chi connectivity index (χ1) is 10.6. The number of rotatable bonds is 6. The summed E-state index contributed by atoms with van der Waals surface area (Å²) < 4.78 is 38.2. The highest BCUT2D eigenvalue weighted by Crippen LogP contribution is 2.36. The van der Waals surface area contributed by atoms with Gasteiger partial charge in [0.15, 0.2) is 0 Å². The average Bonchev–Trinajstić information content (AvgIpc) is 2.43. The van der Waals surface area contributed by atoms with Gasteiger partial charge in [-0.2, -0.15) is 13.2 Å². The summed E-state index contributed by atoms with van der Waals surface area (Å²) in [5.41, 5.74) is -0.106. The molecule has 0 heterocycles. The molecule has 1 aromatic carbocycles. The third-order valence-electron chi connectivity index (χ3n) is 2.50. The Labute approximate surface area is 142 Å². The number of nitrogens with one attached hydrogen (secondary N) is 1. The summed E-state index contributed by atoms with van der Waals surface area (Å²) in [4.78, 5) is 12.4. The number of halogens is 4. The van der Waals surface area contributed by atoms with E-state index >= 15 is 0 Å². The maximum absolute atomic E-state index is 12.7. The second kappa shape index (κ2) is 8.26. The van der Waals surface area contributed by atoms with Crippen LogP contribution < -0.4 is 5.32 Å². The Hall–Kier alpha value is -1.66. The first-order valence-corrected chi connectivity index (χ1v) is 7.78. The first-order valence-electron chi connectivity index (χ1n) is 6.41. The molecule has 0 aliphatic heterocycles. The Balaban J connectivity index is 2.65. The smallest absolute Gasteiger partial charge is 0.325 e. The Kier molecular flexibility index (Phi) is 6.97. The second-order valence-corrected chi connectivity index (χ2v) is 6.18. The zero-order chi connectivity index (χ0) is 17.6.